The smallest absolute Gasteiger partial charge is 0.0453 e. The topological polar surface area (TPSA) is 4.41 Å². The molecule has 0 radical (unpaired) electrons. The molecule has 0 bridgehead atoms. The highest BCUT2D eigenvalue weighted by molar-refractivity contribution is 5.67. The number of hydrogen-bond donors (Lipinski definition) is 0. The Bertz CT molecular complexity index is 699. The fourth-order valence-corrected chi connectivity index (χ4v) is 2.55. The Balaban J connectivity index is 2.21. The van der Waals surface area contributed by atoms with Gasteiger partial charge in [-0.05, 0) is 50.1 Å². The molecular formula is C17H17N. The SMILES string of the molecule is Cc1cc(C)cc(-c2ccc3ccc(C)n3c2)c1. The number of pyridine rings is 1. The molecule has 1 heteroatoms. The normalized spacial score (nSPS) is 11.1. The van der Waals surface area contributed by atoms with Gasteiger partial charge in [0, 0.05) is 17.4 Å². The van der Waals surface area contributed by atoms with Crippen molar-refractivity contribution in [1.82, 2.24) is 4.40 Å². The van der Waals surface area contributed by atoms with Gasteiger partial charge in [-0.3, -0.25) is 0 Å². The molecule has 0 saturated carbocycles. The lowest BCUT2D eigenvalue weighted by Gasteiger charge is -2.07. The fraction of sp³-hybridized carbons (Fsp3) is 0.176. The van der Waals surface area contributed by atoms with E-state index in [0.29, 0.717) is 0 Å². The molecule has 0 unspecified atom stereocenters. The summed E-state index contributed by atoms with van der Waals surface area (Å²) in [4.78, 5) is 0. The Hall–Kier alpha value is -2.02. The van der Waals surface area contributed by atoms with Crippen molar-refractivity contribution < 1.29 is 0 Å². The standard InChI is InChI=1S/C17H17N/c1-12-8-13(2)10-16(9-12)15-5-7-17-6-4-14(3)18(17)11-15/h4-11H,1-3H3. The van der Waals surface area contributed by atoms with Crippen molar-refractivity contribution in [3.05, 3.63) is 65.5 Å². The van der Waals surface area contributed by atoms with Gasteiger partial charge in [-0.25, -0.2) is 0 Å². The maximum absolute atomic E-state index is 2.24. The highest BCUT2D eigenvalue weighted by atomic mass is 14.9. The zero-order valence-corrected chi connectivity index (χ0v) is 11.1. The van der Waals surface area contributed by atoms with Crippen molar-refractivity contribution in [3.63, 3.8) is 0 Å². The van der Waals surface area contributed by atoms with Crippen LogP contribution >= 0.6 is 0 Å². The molecule has 3 rings (SSSR count). The summed E-state index contributed by atoms with van der Waals surface area (Å²) >= 11 is 0. The van der Waals surface area contributed by atoms with Crippen LogP contribution in [-0.4, -0.2) is 4.40 Å². The Morgan fingerprint density at radius 3 is 2.11 bits per heavy atom. The summed E-state index contributed by atoms with van der Waals surface area (Å²) in [6, 6.07) is 15.4. The summed E-state index contributed by atoms with van der Waals surface area (Å²) in [5.74, 6) is 0. The Kier molecular flexibility index (Phi) is 2.48. The summed E-state index contributed by atoms with van der Waals surface area (Å²) in [7, 11) is 0. The van der Waals surface area contributed by atoms with E-state index in [-0.39, 0.29) is 0 Å². The van der Waals surface area contributed by atoms with Gasteiger partial charge in [0.1, 0.15) is 0 Å². The number of benzene rings is 1. The summed E-state index contributed by atoms with van der Waals surface area (Å²) in [5.41, 5.74) is 7.72. The van der Waals surface area contributed by atoms with Crippen molar-refractivity contribution in [2.45, 2.75) is 20.8 Å². The number of aryl methyl sites for hydroxylation is 3. The summed E-state index contributed by atoms with van der Waals surface area (Å²) in [6.45, 7) is 6.43. The van der Waals surface area contributed by atoms with E-state index in [1.165, 1.54) is 33.5 Å². The third-order valence-electron chi connectivity index (χ3n) is 3.41. The Morgan fingerprint density at radius 1 is 0.722 bits per heavy atom. The van der Waals surface area contributed by atoms with Gasteiger partial charge >= 0.3 is 0 Å². The van der Waals surface area contributed by atoms with Crippen molar-refractivity contribution >= 4 is 5.52 Å². The molecule has 1 aromatic carbocycles. The molecule has 3 aromatic rings. The van der Waals surface area contributed by atoms with E-state index in [1.807, 2.05) is 0 Å². The summed E-state index contributed by atoms with van der Waals surface area (Å²) < 4.78 is 2.24. The maximum atomic E-state index is 2.24. The van der Waals surface area contributed by atoms with E-state index in [9.17, 15) is 0 Å². The van der Waals surface area contributed by atoms with Crippen LogP contribution in [0.2, 0.25) is 0 Å². The molecule has 0 fully saturated rings. The first-order valence-electron chi connectivity index (χ1n) is 6.30. The second kappa shape index (κ2) is 4.02. The number of fused-ring (bicyclic) bond motifs is 1. The van der Waals surface area contributed by atoms with Crippen LogP contribution in [0.4, 0.5) is 0 Å². The van der Waals surface area contributed by atoms with Crippen LogP contribution < -0.4 is 0 Å². The van der Waals surface area contributed by atoms with E-state index < -0.39 is 0 Å². The van der Waals surface area contributed by atoms with Gasteiger partial charge in [-0.15, -0.1) is 0 Å². The second-order valence-electron chi connectivity index (χ2n) is 5.06. The lowest BCUT2D eigenvalue weighted by molar-refractivity contribution is 1.11. The van der Waals surface area contributed by atoms with Crippen molar-refractivity contribution in [2.24, 2.45) is 0 Å². The highest BCUT2D eigenvalue weighted by Crippen LogP contribution is 2.23. The third-order valence-corrected chi connectivity index (χ3v) is 3.41. The van der Waals surface area contributed by atoms with E-state index in [2.05, 4.69) is 73.8 Å². The first-order valence-corrected chi connectivity index (χ1v) is 6.30. The predicted octanol–water partition coefficient (Wildman–Crippen LogP) is 4.53. The molecule has 2 heterocycles. The zero-order chi connectivity index (χ0) is 12.7. The van der Waals surface area contributed by atoms with Crippen LogP contribution in [0, 0.1) is 20.8 Å². The average molecular weight is 235 g/mol. The molecule has 0 aliphatic carbocycles. The first kappa shape index (κ1) is 11.1. The van der Waals surface area contributed by atoms with Crippen LogP contribution in [0.1, 0.15) is 16.8 Å². The van der Waals surface area contributed by atoms with Crippen molar-refractivity contribution in [3.8, 4) is 11.1 Å². The molecule has 2 aromatic heterocycles. The van der Waals surface area contributed by atoms with Crippen LogP contribution in [0.15, 0.2) is 48.7 Å². The van der Waals surface area contributed by atoms with Gasteiger partial charge in [0.2, 0.25) is 0 Å². The maximum Gasteiger partial charge on any atom is 0.0453 e. The van der Waals surface area contributed by atoms with Crippen molar-refractivity contribution in [1.29, 1.82) is 0 Å². The van der Waals surface area contributed by atoms with Crippen LogP contribution in [-0.2, 0) is 0 Å². The molecule has 0 N–H and O–H groups in total. The number of rotatable bonds is 1. The highest BCUT2D eigenvalue weighted by Gasteiger charge is 2.02. The van der Waals surface area contributed by atoms with E-state index in [1.54, 1.807) is 0 Å². The van der Waals surface area contributed by atoms with Gasteiger partial charge in [-0.1, -0.05) is 35.4 Å². The predicted molar refractivity (Wildman–Crippen MR) is 77.0 cm³/mol. The average Bonchev–Trinajstić information content (AvgIpc) is 2.69. The number of hydrogen-bond acceptors (Lipinski definition) is 0. The minimum absolute atomic E-state index is 1.25. The minimum atomic E-state index is 1.25. The lowest BCUT2D eigenvalue weighted by atomic mass is 10.0. The van der Waals surface area contributed by atoms with E-state index in [0.717, 1.165) is 0 Å². The Labute approximate surface area is 108 Å². The van der Waals surface area contributed by atoms with E-state index >= 15 is 0 Å². The molecule has 18 heavy (non-hydrogen) atoms. The monoisotopic (exact) mass is 235 g/mol. The van der Waals surface area contributed by atoms with Gasteiger partial charge in [-0.2, -0.15) is 0 Å². The quantitative estimate of drug-likeness (QED) is 0.583. The molecular weight excluding hydrogens is 218 g/mol. The van der Waals surface area contributed by atoms with E-state index in [4.69, 9.17) is 0 Å². The molecule has 90 valence electrons. The second-order valence-corrected chi connectivity index (χ2v) is 5.06. The summed E-state index contributed by atoms with van der Waals surface area (Å²) in [5, 5.41) is 0. The third kappa shape index (κ3) is 1.82. The number of nitrogens with zero attached hydrogens (tertiary/aromatic N) is 1. The summed E-state index contributed by atoms with van der Waals surface area (Å²) in [6.07, 6.45) is 2.22. The minimum Gasteiger partial charge on any atom is -0.321 e. The molecule has 0 aliphatic rings. The molecule has 1 nitrogen and oxygen atoms in total. The first-order chi connectivity index (χ1) is 8.63. The van der Waals surface area contributed by atoms with Crippen LogP contribution in [0.3, 0.4) is 0 Å². The molecule has 0 saturated heterocycles. The van der Waals surface area contributed by atoms with Gasteiger partial charge in [0.15, 0.2) is 0 Å². The zero-order valence-electron chi connectivity index (χ0n) is 11.1. The van der Waals surface area contributed by atoms with Crippen LogP contribution in [0.5, 0.6) is 0 Å². The lowest BCUT2D eigenvalue weighted by Crippen LogP contribution is -1.89. The van der Waals surface area contributed by atoms with Crippen LogP contribution in [0.25, 0.3) is 16.6 Å². The van der Waals surface area contributed by atoms with Gasteiger partial charge < -0.3 is 4.40 Å². The number of aromatic nitrogens is 1. The molecule has 0 amide bonds. The molecule has 0 atom stereocenters. The van der Waals surface area contributed by atoms with Gasteiger partial charge in [0.25, 0.3) is 0 Å². The van der Waals surface area contributed by atoms with Gasteiger partial charge in [0.05, 0.1) is 0 Å². The molecule has 0 aliphatic heterocycles. The fourth-order valence-electron chi connectivity index (χ4n) is 2.55. The van der Waals surface area contributed by atoms with Crippen molar-refractivity contribution in [2.75, 3.05) is 0 Å². The Morgan fingerprint density at radius 2 is 1.39 bits per heavy atom. The largest absolute Gasteiger partial charge is 0.321 e. The molecule has 0 spiro atoms.